The summed E-state index contributed by atoms with van der Waals surface area (Å²) in [5.41, 5.74) is 0. The molecule has 4 unspecified atom stereocenters. The summed E-state index contributed by atoms with van der Waals surface area (Å²) in [6.45, 7) is 4.66. The largest absolute Gasteiger partial charge is 0.0654 e. The summed E-state index contributed by atoms with van der Waals surface area (Å²) in [6.07, 6.45) is 19.7. The predicted molar refractivity (Wildman–Crippen MR) is 85.3 cm³/mol. The number of hydrogen-bond donors (Lipinski definition) is 0. The first kappa shape index (κ1) is 15.4. The van der Waals surface area contributed by atoms with Crippen LogP contribution in [0.4, 0.5) is 0 Å². The van der Waals surface area contributed by atoms with Crippen molar-refractivity contribution in [2.45, 2.75) is 97.3 Å². The van der Waals surface area contributed by atoms with E-state index in [9.17, 15) is 0 Å². The first-order chi connectivity index (χ1) is 9.33. The molecule has 4 atom stereocenters. The third-order valence-electron chi connectivity index (χ3n) is 5.95. The van der Waals surface area contributed by atoms with E-state index in [0.29, 0.717) is 0 Å². The van der Waals surface area contributed by atoms with Gasteiger partial charge in [-0.25, -0.2) is 0 Å². The molecule has 2 fully saturated rings. The molecule has 0 spiro atoms. The number of rotatable bonds is 8. The maximum absolute atomic E-state index is 2.34. The highest BCUT2D eigenvalue weighted by Crippen LogP contribution is 2.49. The molecular formula is C19H36. The van der Waals surface area contributed by atoms with E-state index in [1.165, 1.54) is 44.9 Å². The molecule has 2 aliphatic carbocycles. The molecule has 0 aromatic heterocycles. The SMILES string of the molecule is CCCCCCC1CCC2CC(CCCC)CC2C1. The molecule has 19 heavy (non-hydrogen) atoms. The monoisotopic (exact) mass is 264 g/mol. The summed E-state index contributed by atoms with van der Waals surface area (Å²) in [5.74, 6) is 4.47. The second-order valence-electron chi connectivity index (χ2n) is 7.53. The van der Waals surface area contributed by atoms with Crippen LogP contribution in [0.15, 0.2) is 0 Å². The lowest BCUT2D eigenvalue weighted by atomic mass is 9.74. The summed E-state index contributed by atoms with van der Waals surface area (Å²) in [7, 11) is 0. The third-order valence-corrected chi connectivity index (χ3v) is 5.95. The van der Waals surface area contributed by atoms with Crippen molar-refractivity contribution in [1.82, 2.24) is 0 Å². The summed E-state index contributed by atoms with van der Waals surface area (Å²) in [5, 5.41) is 0. The Morgan fingerprint density at radius 2 is 1.32 bits per heavy atom. The average molecular weight is 264 g/mol. The standard InChI is InChI=1S/C19H36/c1-3-5-7-8-10-16-11-12-18-14-17(9-6-4-2)15-19(18)13-16/h16-19H,3-15H2,1-2H3. The van der Waals surface area contributed by atoms with E-state index in [-0.39, 0.29) is 0 Å². The van der Waals surface area contributed by atoms with Gasteiger partial charge in [0, 0.05) is 0 Å². The Balaban J connectivity index is 1.65. The van der Waals surface area contributed by atoms with Gasteiger partial charge in [-0.05, 0) is 49.4 Å². The molecule has 0 heterocycles. The molecule has 0 nitrogen and oxygen atoms in total. The van der Waals surface area contributed by atoms with Crippen LogP contribution < -0.4 is 0 Å². The lowest BCUT2D eigenvalue weighted by Gasteiger charge is -2.31. The third kappa shape index (κ3) is 4.80. The van der Waals surface area contributed by atoms with Crippen LogP contribution in [0.3, 0.4) is 0 Å². The first-order valence-electron chi connectivity index (χ1n) is 9.33. The Hall–Kier alpha value is 0. The zero-order valence-corrected chi connectivity index (χ0v) is 13.5. The van der Waals surface area contributed by atoms with Crippen LogP contribution >= 0.6 is 0 Å². The molecule has 0 bridgehead atoms. The van der Waals surface area contributed by atoms with E-state index in [0.717, 1.165) is 23.7 Å². The van der Waals surface area contributed by atoms with Gasteiger partial charge in [-0.1, -0.05) is 71.6 Å². The lowest BCUT2D eigenvalue weighted by Crippen LogP contribution is -2.20. The van der Waals surface area contributed by atoms with E-state index in [1.54, 1.807) is 38.5 Å². The van der Waals surface area contributed by atoms with Gasteiger partial charge in [0.1, 0.15) is 0 Å². The number of unbranched alkanes of at least 4 members (excludes halogenated alkanes) is 4. The Morgan fingerprint density at radius 3 is 2.11 bits per heavy atom. The second-order valence-corrected chi connectivity index (χ2v) is 7.53. The minimum atomic E-state index is 1.10. The van der Waals surface area contributed by atoms with Crippen molar-refractivity contribution < 1.29 is 0 Å². The van der Waals surface area contributed by atoms with Crippen LogP contribution in [0, 0.1) is 23.7 Å². The van der Waals surface area contributed by atoms with Crippen molar-refractivity contribution in [3.05, 3.63) is 0 Å². The lowest BCUT2D eigenvalue weighted by molar-refractivity contribution is 0.197. The van der Waals surface area contributed by atoms with Crippen LogP contribution in [0.1, 0.15) is 97.3 Å². The summed E-state index contributed by atoms with van der Waals surface area (Å²) in [6, 6.07) is 0. The fraction of sp³-hybridized carbons (Fsp3) is 1.00. The van der Waals surface area contributed by atoms with Gasteiger partial charge in [0.25, 0.3) is 0 Å². The molecule has 0 aliphatic heterocycles. The molecule has 2 aliphatic rings. The van der Waals surface area contributed by atoms with Crippen molar-refractivity contribution in [3.63, 3.8) is 0 Å². The maximum Gasteiger partial charge on any atom is -0.0380 e. The molecule has 0 amide bonds. The zero-order chi connectivity index (χ0) is 13.5. The van der Waals surface area contributed by atoms with E-state index in [1.807, 2.05) is 0 Å². The highest BCUT2D eigenvalue weighted by molar-refractivity contribution is 4.88. The van der Waals surface area contributed by atoms with Gasteiger partial charge in [0.2, 0.25) is 0 Å². The fourth-order valence-electron chi connectivity index (χ4n) is 4.83. The molecular weight excluding hydrogens is 228 g/mol. The molecule has 2 rings (SSSR count). The molecule has 0 heteroatoms. The van der Waals surface area contributed by atoms with Crippen molar-refractivity contribution in [1.29, 1.82) is 0 Å². The molecule has 0 saturated heterocycles. The van der Waals surface area contributed by atoms with Gasteiger partial charge in [0.15, 0.2) is 0 Å². The molecule has 112 valence electrons. The second kappa shape index (κ2) is 8.32. The Kier molecular flexibility index (Phi) is 6.74. The van der Waals surface area contributed by atoms with E-state index in [2.05, 4.69) is 13.8 Å². The number of fused-ring (bicyclic) bond motifs is 1. The minimum Gasteiger partial charge on any atom is -0.0654 e. The number of hydrogen-bond acceptors (Lipinski definition) is 0. The quantitative estimate of drug-likeness (QED) is 0.434. The first-order valence-corrected chi connectivity index (χ1v) is 9.33. The topological polar surface area (TPSA) is 0 Å². The maximum atomic E-state index is 2.34. The molecule has 0 aromatic rings. The Morgan fingerprint density at radius 1 is 0.632 bits per heavy atom. The van der Waals surface area contributed by atoms with Crippen molar-refractivity contribution >= 4 is 0 Å². The zero-order valence-electron chi connectivity index (χ0n) is 13.5. The van der Waals surface area contributed by atoms with Crippen LogP contribution in [0.5, 0.6) is 0 Å². The van der Waals surface area contributed by atoms with Crippen molar-refractivity contribution in [3.8, 4) is 0 Å². The van der Waals surface area contributed by atoms with Gasteiger partial charge < -0.3 is 0 Å². The molecule has 0 radical (unpaired) electrons. The van der Waals surface area contributed by atoms with Crippen LogP contribution in [0.2, 0.25) is 0 Å². The summed E-state index contributed by atoms with van der Waals surface area (Å²) >= 11 is 0. The minimum absolute atomic E-state index is 1.10. The molecule has 2 saturated carbocycles. The summed E-state index contributed by atoms with van der Waals surface area (Å²) < 4.78 is 0. The molecule has 0 aromatic carbocycles. The van der Waals surface area contributed by atoms with Gasteiger partial charge in [0.05, 0.1) is 0 Å². The summed E-state index contributed by atoms with van der Waals surface area (Å²) in [4.78, 5) is 0. The van der Waals surface area contributed by atoms with Gasteiger partial charge in [-0.15, -0.1) is 0 Å². The Labute approximate surface area is 121 Å². The Bertz CT molecular complexity index is 232. The van der Waals surface area contributed by atoms with Crippen LogP contribution in [-0.4, -0.2) is 0 Å². The van der Waals surface area contributed by atoms with E-state index in [4.69, 9.17) is 0 Å². The van der Waals surface area contributed by atoms with Crippen molar-refractivity contribution in [2.24, 2.45) is 23.7 Å². The molecule has 0 N–H and O–H groups in total. The predicted octanol–water partition coefficient (Wildman–Crippen LogP) is 6.59. The average Bonchev–Trinajstić information content (AvgIpc) is 2.83. The normalized spacial score (nSPS) is 34.4. The highest BCUT2D eigenvalue weighted by atomic mass is 14.4. The van der Waals surface area contributed by atoms with E-state index < -0.39 is 0 Å². The van der Waals surface area contributed by atoms with Crippen LogP contribution in [-0.2, 0) is 0 Å². The van der Waals surface area contributed by atoms with Gasteiger partial charge in [-0.2, -0.15) is 0 Å². The van der Waals surface area contributed by atoms with Crippen molar-refractivity contribution in [2.75, 3.05) is 0 Å². The van der Waals surface area contributed by atoms with Gasteiger partial charge >= 0.3 is 0 Å². The smallest absolute Gasteiger partial charge is 0.0380 e. The van der Waals surface area contributed by atoms with Crippen LogP contribution in [0.25, 0.3) is 0 Å². The van der Waals surface area contributed by atoms with E-state index >= 15 is 0 Å². The van der Waals surface area contributed by atoms with Gasteiger partial charge in [-0.3, -0.25) is 0 Å². The fourth-order valence-corrected chi connectivity index (χ4v) is 4.83. The highest BCUT2D eigenvalue weighted by Gasteiger charge is 2.37.